The number of imidazole rings is 1. The lowest BCUT2D eigenvalue weighted by Gasteiger charge is -2.26. The van der Waals surface area contributed by atoms with E-state index in [1.54, 1.807) is 0 Å². The van der Waals surface area contributed by atoms with Gasteiger partial charge in [-0.2, -0.15) is 0 Å². The van der Waals surface area contributed by atoms with E-state index in [2.05, 4.69) is 27.4 Å². The molecule has 0 saturated carbocycles. The number of hydrogen-bond acceptors (Lipinski definition) is 2. The van der Waals surface area contributed by atoms with Crippen molar-refractivity contribution in [1.82, 2.24) is 15.3 Å². The number of fused-ring (bicyclic) bond motifs is 2. The summed E-state index contributed by atoms with van der Waals surface area (Å²) in [5.74, 6) is -0.00879. The highest BCUT2D eigenvalue weighted by atomic mass is 16.2. The number of nitrogens with one attached hydrogen (secondary N) is 3. The number of H-pyrrole nitrogens is 2. The van der Waals surface area contributed by atoms with E-state index in [9.17, 15) is 9.59 Å². The van der Waals surface area contributed by atoms with Crippen LogP contribution in [0.25, 0.3) is 11.0 Å². The van der Waals surface area contributed by atoms with E-state index in [1.165, 1.54) is 5.56 Å². The molecule has 25 heavy (non-hydrogen) atoms. The van der Waals surface area contributed by atoms with Crippen molar-refractivity contribution in [2.75, 3.05) is 0 Å². The largest absolute Gasteiger partial charge is 0.349 e. The normalized spacial score (nSPS) is 17.9. The molecule has 0 saturated heterocycles. The van der Waals surface area contributed by atoms with E-state index >= 15 is 0 Å². The molecule has 1 amide bonds. The van der Waals surface area contributed by atoms with Gasteiger partial charge in [0.05, 0.1) is 23.0 Å². The lowest BCUT2D eigenvalue weighted by Crippen LogP contribution is -2.33. The fraction of sp³-hybridized carbons (Fsp3) is 0.300. The van der Waals surface area contributed by atoms with Crippen LogP contribution in [-0.2, 0) is 11.2 Å². The van der Waals surface area contributed by atoms with Gasteiger partial charge in [-0.3, -0.25) is 4.79 Å². The molecule has 1 aliphatic rings. The van der Waals surface area contributed by atoms with Gasteiger partial charge in [0.15, 0.2) is 0 Å². The van der Waals surface area contributed by atoms with E-state index < -0.39 is 0 Å². The summed E-state index contributed by atoms with van der Waals surface area (Å²) in [5.41, 5.74) is 4.72. The van der Waals surface area contributed by atoms with Crippen LogP contribution < -0.4 is 11.0 Å². The Morgan fingerprint density at radius 1 is 1.16 bits per heavy atom. The molecule has 3 aromatic rings. The molecule has 0 radical (unpaired) electrons. The Morgan fingerprint density at radius 2 is 1.96 bits per heavy atom. The molecule has 0 spiro atoms. The molecule has 4 rings (SSSR count). The smallest absolute Gasteiger partial charge is 0.323 e. The Balaban J connectivity index is 1.55. The molecular formula is C20H21N3O2. The molecule has 2 aromatic carbocycles. The number of amides is 1. The van der Waals surface area contributed by atoms with Gasteiger partial charge in [0.2, 0.25) is 5.91 Å². The second kappa shape index (κ2) is 6.24. The fourth-order valence-electron chi connectivity index (χ4n) is 3.74. The molecule has 1 aliphatic carbocycles. The van der Waals surface area contributed by atoms with Crippen LogP contribution in [-0.4, -0.2) is 15.9 Å². The predicted molar refractivity (Wildman–Crippen MR) is 97.6 cm³/mol. The fourth-order valence-corrected chi connectivity index (χ4v) is 3.74. The first kappa shape index (κ1) is 15.7. The summed E-state index contributed by atoms with van der Waals surface area (Å²) in [6, 6.07) is 13.8. The van der Waals surface area contributed by atoms with Crippen LogP contribution in [0, 0.1) is 0 Å². The van der Waals surface area contributed by atoms with Crippen molar-refractivity contribution in [2.45, 2.75) is 38.1 Å². The first-order valence-corrected chi connectivity index (χ1v) is 8.72. The second-order valence-corrected chi connectivity index (χ2v) is 6.76. The minimum Gasteiger partial charge on any atom is -0.349 e. The molecule has 5 nitrogen and oxygen atoms in total. The van der Waals surface area contributed by atoms with Crippen LogP contribution in [0.1, 0.15) is 48.4 Å². The van der Waals surface area contributed by atoms with E-state index in [4.69, 9.17) is 0 Å². The number of aromatic amines is 2. The van der Waals surface area contributed by atoms with Gasteiger partial charge in [-0.1, -0.05) is 30.3 Å². The van der Waals surface area contributed by atoms with Crippen molar-refractivity contribution in [3.05, 3.63) is 69.6 Å². The van der Waals surface area contributed by atoms with Crippen molar-refractivity contribution in [3.8, 4) is 0 Å². The Morgan fingerprint density at radius 3 is 2.84 bits per heavy atom. The highest BCUT2D eigenvalue weighted by Crippen LogP contribution is 2.32. The summed E-state index contributed by atoms with van der Waals surface area (Å²) in [7, 11) is 0. The third kappa shape index (κ3) is 2.97. The highest BCUT2D eigenvalue weighted by Gasteiger charge is 2.27. The molecule has 0 unspecified atom stereocenters. The molecule has 0 bridgehead atoms. The number of hydrogen-bond donors (Lipinski definition) is 3. The third-order valence-corrected chi connectivity index (χ3v) is 5.08. The SMILES string of the molecule is C[C@H](NC(=O)[C@@H]1CCCc2ccccc21)c1ccc2[nH]c(=O)[nH]c2c1. The Bertz CT molecular complexity index is 986. The van der Waals surface area contributed by atoms with Crippen molar-refractivity contribution in [3.63, 3.8) is 0 Å². The van der Waals surface area contributed by atoms with Crippen LogP contribution in [0.15, 0.2) is 47.3 Å². The topological polar surface area (TPSA) is 77.8 Å². The standard InChI is InChI=1S/C20H21N3O2/c1-12(14-9-10-17-18(11-14)23-20(25)22-17)21-19(24)16-8-4-6-13-5-2-3-7-15(13)16/h2-3,5,7,9-12,16H,4,6,8H2,1H3,(H,21,24)(H2,22,23,25)/t12-,16+/m0/s1. The molecule has 1 heterocycles. The lowest BCUT2D eigenvalue weighted by atomic mass is 9.82. The number of aromatic nitrogens is 2. The molecule has 3 N–H and O–H groups in total. The van der Waals surface area contributed by atoms with Crippen molar-refractivity contribution in [1.29, 1.82) is 0 Å². The zero-order valence-corrected chi connectivity index (χ0v) is 14.1. The molecule has 2 atom stereocenters. The third-order valence-electron chi connectivity index (χ3n) is 5.08. The van der Waals surface area contributed by atoms with Crippen LogP contribution in [0.3, 0.4) is 0 Å². The van der Waals surface area contributed by atoms with Gasteiger partial charge in [0.1, 0.15) is 0 Å². The summed E-state index contributed by atoms with van der Waals surface area (Å²) in [6.45, 7) is 1.97. The Labute approximate surface area is 145 Å². The summed E-state index contributed by atoms with van der Waals surface area (Å²) in [4.78, 5) is 29.7. The summed E-state index contributed by atoms with van der Waals surface area (Å²) in [5, 5.41) is 3.14. The summed E-state index contributed by atoms with van der Waals surface area (Å²) < 4.78 is 0. The maximum absolute atomic E-state index is 12.8. The monoisotopic (exact) mass is 335 g/mol. The zero-order chi connectivity index (χ0) is 17.4. The van der Waals surface area contributed by atoms with E-state index in [0.29, 0.717) is 0 Å². The van der Waals surface area contributed by atoms with Crippen molar-refractivity contribution >= 4 is 16.9 Å². The molecule has 5 heteroatoms. The van der Waals surface area contributed by atoms with Crippen LogP contribution >= 0.6 is 0 Å². The van der Waals surface area contributed by atoms with Crippen LogP contribution in [0.5, 0.6) is 0 Å². The van der Waals surface area contributed by atoms with E-state index in [1.807, 2.05) is 37.3 Å². The van der Waals surface area contributed by atoms with Gasteiger partial charge in [-0.25, -0.2) is 4.79 Å². The zero-order valence-electron chi connectivity index (χ0n) is 14.1. The lowest BCUT2D eigenvalue weighted by molar-refractivity contribution is -0.123. The maximum atomic E-state index is 12.8. The van der Waals surface area contributed by atoms with Gasteiger partial charge in [0.25, 0.3) is 0 Å². The minimum atomic E-state index is -0.220. The summed E-state index contributed by atoms with van der Waals surface area (Å²) >= 11 is 0. The number of rotatable bonds is 3. The number of benzene rings is 2. The number of carbonyl (C=O) groups is 1. The number of aryl methyl sites for hydroxylation is 1. The molecule has 0 fully saturated rings. The van der Waals surface area contributed by atoms with Gasteiger partial charge in [-0.15, -0.1) is 0 Å². The highest BCUT2D eigenvalue weighted by molar-refractivity contribution is 5.85. The summed E-state index contributed by atoms with van der Waals surface area (Å²) in [6.07, 6.45) is 2.98. The quantitative estimate of drug-likeness (QED) is 0.687. The average molecular weight is 335 g/mol. The minimum absolute atomic E-state index is 0.0716. The molecule has 1 aromatic heterocycles. The maximum Gasteiger partial charge on any atom is 0.323 e. The number of carbonyl (C=O) groups excluding carboxylic acids is 1. The van der Waals surface area contributed by atoms with Gasteiger partial charge >= 0.3 is 5.69 Å². The van der Waals surface area contributed by atoms with E-state index in [-0.39, 0.29) is 23.6 Å². The van der Waals surface area contributed by atoms with Crippen molar-refractivity contribution in [2.24, 2.45) is 0 Å². The van der Waals surface area contributed by atoms with Crippen LogP contribution in [0.4, 0.5) is 0 Å². The first-order chi connectivity index (χ1) is 12.1. The first-order valence-electron chi connectivity index (χ1n) is 8.72. The average Bonchev–Trinajstić information content (AvgIpc) is 3.00. The van der Waals surface area contributed by atoms with Gasteiger partial charge in [0, 0.05) is 0 Å². The Kier molecular flexibility index (Phi) is 3.92. The van der Waals surface area contributed by atoms with E-state index in [0.717, 1.165) is 41.4 Å². The molecular weight excluding hydrogens is 314 g/mol. The van der Waals surface area contributed by atoms with Gasteiger partial charge < -0.3 is 15.3 Å². The van der Waals surface area contributed by atoms with Crippen LogP contribution in [0.2, 0.25) is 0 Å². The molecule has 128 valence electrons. The van der Waals surface area contributed by atoms with Crippen molar-refractivity contribution < 1.29 is 4.79 Å². The predicted octanol–water partition coefficient (Wildman–Crippen LogP) is 3.15. The second-order valence-electron chi connectivity index (χ2n) is 6.76. The van der Waals surface area contributed by atoms with Gasteiger partial charge in [-0.05, 0) is 55.0 Å². The Hall–Kier alpha value is -2.82. The molecule has 0 aliphatic heterocycles.